The molecule has 4 heteroatoms. The van der Waals surface area contributed by atoms with Crippen LogP contribution in [0.1, 0.15) is 13.3 Å². The average Bonchev–Trinajstić information content (AvgIpc) is 1.77. The highest BCUT2D eigenvalue weighted by Crippen LogP contribution is 2.19. The molecule has 1 saturated heterocycles. The lowest BCUT2D eigenvalue weighted by molar-refractivity contribution is -0.0394. The Hall–Kier alpha value is 0.140. The summed E-state index contributed by atoms with van der Waals surface area (Å²) in [6.45, 7) is 2.54. The molecule has 0 aromatic carbocycles. The second-order valence-corrected chi connectivity index (χ2v) is 2.78. The SMILES string of the molecule is C[C@]1(O)CCNC[C@H]1F.Cl. The molecule has 0 aromatic rings. The lowest BCUT2D eigenvalue weighted by Crippen LogP contribution is -2.49. The quantitative estimate of drug-likeness (QED) is 0.553. The first-order valence-corrected chi connectivity index (χ1v) is 3.20. The number of nitrogens with one attached hydrogen (secondary N) is 1. The smallest absolute Gasteiger partial charge is 0.141 e. The van der Waals surface area contributed by atoms with E-state index in [0.717, 1.165) is 0 Å². The number of alkyl halides is 1. The molecule has 1 aliphatic heterocycles. The van der Waals surface area contributed by atoms with Crippen molar-refractivity contribution < 1.29 is 9.50 Å². The molecule has 1 aliphatic rings. The zero-order chi connectivity index (χ0) is 6.91. The summed E-state index contributed by atoms with van der Waals surface area (Å²) in [6, 6.07) is 0. The first-order chi connectivity index (χ1) is 4.13. The van der Waals surface area contributed by atoms with E-state index in [4.69, 9.17) is 0 Å². The number of halogens is 2. The highest BCUT2D eigenvalue weighted by molar-refractivity contribution is 5.85. The Morgan fingerprint density at radius 2 is 2.30 bits per heavy atom. The molecular weight excluding hydrogens is 157 g/mol. The van der Waals surface area contributed by atoms with Crippen LogP contribution >= 0.6 is 12.4 Å². The van der Waals surface area contributed by atoms with Crippen molar-refractivity contribution in [3.63, 3.8) is 0 Å². The third kappa shape index (κ3) is 2.08. The van der Waals surface area contributed by atoms with Crippen LogP contribution in [0.4, 0.5) is 4.39 Å². The van der Waals surface area contributed by atoms with Gasteiger partial charge >= 0.3 is 0 Å². The van der Waals surface area contributed by atoms with E-state index in [9.17, 15) is 9.50 Å². The van der Waals surface area contributed by atoms with Gasteiger partial charge in [0.15, 0.2) is 0 Å². The summed E-state index contributed by atoms with van der Waals surface area (Å²) in [7, 11) is 0. The molecule has 62 valence electrons. The fourth-order valence-corrected chi connectivity index (χ4v) is 0.947. The maximum absolute atomic E-state index is 12.6. The fourth-order valence-electron chi connectivity index (χ4n) is 0.947. The van der Waals surface area contributed by atoms with Crippen molar-refractivity contribution in [2.75, 3.05) is 13.1 Å². The van der Waals surface area contributed by atoms with Gasteiger partial charge in [-0.3, -0.25) is 0 Å². The molecule has 0 amide bonds. The average molecular weight is 170 g/mol. The minimum atomic E-state index is -1.11. The standard InChI is InChI=1S/C6H12FNO.ClH/c1-6(9)2-3-8-4-5(6)7;/h5,8-9H,2-4H2,1H3;1H/t5-,6+;/m1./s1. The van der Waals surface area contributed by atoms with Crippen molar-refractivity contribution >= 4 is 12.4 Å². The monoisotopic (exact) mass is 169 g/mol. The van der Waals surface area contributed by atoms with Crippen LogP contribution in [-0.4, -0.2) is 30.0 Å². The minimum absolute atomic E-state index is 0. The van der Waals surface area contributed by atoms with Crippen molar-refractivity contribution in [2.45, 2.75) is 25.1 Å². The molecule has 2 atom stereocenters. The van der Waals surface area contributed by atoms with Crippen LogP contribution in [0.3, 0.4) is 0 Å². The molecular formula is C6H13ClFNO. The van der Waals surface area contributed by atoms with Gasteiger partial charge in [0.05, 0.1) is 5.60 Å². The molecule has 0 aliphatic carbocycles. The number of piperidine rings is 1. The summed E-state index contributed by atoms with van der Waals surface area (Å²) in [5.41, 5.74) is -1.09. The Morgan fingerprint density at radius 3 is 2.60 bits per heavy atom. The largest absolute Gasteiger partial charge is 0.387 e. The predicted octanol–water partition coefficient (Wildman–Crippen LogP) is 0.491. The minimum Gasteiger partial charge on any atom is -0.387 e. The van der Waals surface area contributed by atoms with E-state index in [2.05, 4.69) is 5.32 Å². The maximum Gasteiger partial charge on any atom is 0.141 e. The summed E-state index contributed by atoms with van der Waals surface area (Å²) >= 11 is 0. The lowest BCUT2D eigenvalue weighted by Gasteiger charge is -2.31. The van der Waals surface area contributed by atoms with Crippen molar-refractivity contribution in [1.82, 2.24) is 5.32 Å². The maximum atomic E-state index is 12.6. The highest BCUT2D eigenvalue weighted by Gasteiger charge is 2.34. The second kappa shape index (κ2) is 3.51. The van der Waals surface area contributed by atoms with Gasteiger partial charge < -0.3 is 10.4 Å². The fraction of sp³-hybridized carbons (Fsp3) is 1.00. The van der Waals surface area contributed by atoms with E-state index < -0.39 is 11.8 Å². The normalized spacial score (nSPS) is 40.5. The van der Waals surface area contributed by atoms with Gasteiger partial charge in [-0.1, -0.05) is 0 Å². The van der Waals surface area contributed by atoms with E-state index in [-0.39, 0.29) is 19.0 Å². The second-order valence-electron chi connectivity index (χ2n) is 2.78. The number of rotatable bonds is 0. The topological polar surface area (TPSA) is 32.3 Å². The van der Waals surface area contributed by atoms with E-state index in [1.807, 2.05) is 0 Å². The van der Waals surface area contributed by atoms with Crippen molar-refractivity contribution in [3.8, 4) is 0 Å². The van der Waals surface area contributed by atoms with Crippen LogP contribution in [0, 0.1) is 0 Å². The number of aliphatic hydroxyl groups is 1. The Kier molecular flexibility index (Phi) is 3.56. The zero-order valence-corrected chi connectivity index (χ0v) is 6.75. The van der Waals surface area contributed by atoms with Crippen LogP contribution in [0.5, 0.6) is 0 Å². The van der Waals surface area contributed by atoms with Gasteiger partial charge in [-0.25, -0.2) is 4.39 Å². The molecule has 2 nitrogen and oxygen atoms in total. The molecule has 1 rings (SSSR count). The molecule has 0 bridgehead atoms. The summed E-state index contributed by atoms with van der Waals surface area (Å²) < 4.78 is 12.6. The molecule has 2 N–H and O–H groups in total. The predicted molar refractivity (Wildman–Crippen MR) is 40.3 cm³/mol. The van der Waals surface area contributed by atoms with Crippen molar-refractivity contribution in [3.05, 3.63) is 0 Å². The molecule has 1 heterocycles. The summed E-state index contributed by atoms with van der Waals surface area (Å²) in [5.74, 6) is 0. The van der Waals surface area contributed by atoms with Gasteiger partial charge in [0.2, 0.25) is 0 Å². The van der Waals surface area contributed by atoms with Crippen LogP contribution in [0.25, 0.3) is 0 Å². The third-order valence-electron chi connectivity index (χ3n) is 1.81. The molecule has 0 unspecified atom stereocenters. The Labute approximate surface area is 66.2 Å². The van der Waals surface area contributed by atoms with Crippen molar-refractivity contribution in [2.24, 2.45) is 0 Å². The summed E-state index contributed by atoms with van der Waals surface area (Å²) in [6.07, 6.45) is -0.597. The van der Waals surface area contributed by atoms with E-state index in [1.165, 1.54) is 0 Å². The number of hydrogen-bond donors (Lipinski definition) is 2. The Morgan fingerprint density at radius 1 is 1.70 bits per heavy atom. The van der Waals surface area contributed by atoms with Crippen LogP contribution in [0.15, 0.2) is 0 Å². The molecule has 10 heavy (non-hydrogen) atoms. The van der Waals surface area contributed by atoms with Gasteiger partial charge in [0, 0.05) is 6.54 Å². The zero-order valence-electron chi connectivity index (χ0n) is 5.93. The van der Waals surface area contributed by atoms with Gasteiger partial charge in [0.1, 0.15) is 6.17 Å². The first kappa shape index (κ1) is 10.1. The van der Waals surface area contributed by atoms with Crippen LogP contribution in [0.2, 0.25) is 0 Å². The van der Waals surface area contributed by atoms with E-state index >= 15 is 0 Å². The first-order valence-electron chi connectivity index (χ1n) is 3.20. The van der Waals surface area contributed by atoms with Gasteiger partial charge in [-0.15, -0.1) is 12.4 Å². The van der Waals surface area contributed by atoms with Crippen molar-refractivity contribution in [1.29, 1.82) is 0 Å². The summed E-state index contributed by atoms with van der Waals surface area (Å²) in [5, 5.41) is 12.1. The van der Waals surface area contributed by atoms with Gasteiger partial charge in [0.25, 0.3) is 0 Å². The molecule has 0 aromatic heterocycles. The number of hydrogen-bond acceptors (Lipinski definition) is 2. The molecule has 0 spiro atoms. The summed E-state index contributed by atoms with van der Waals surface area (Å²) in [4.78, 5) is 0. The van der Waals surface area contributed by atoms with Crippen LogP contribution in [-0.2, 0) is 0 Å². The molecule has 0 radical (unpaired) electrons. The molecule has 1 fully saturated rings. The Bertz CT molecular complexity index is 110. The van der Waals surface area contributed by atoms with E-state index in [1.54, 1.807) is 6.92 Å². The molecule has 0 saturated carbocycles. The highest BCUT2D eigenvalue weighted by atomic mass is 35.5. The van der Waals surface area contributed by atoms with E-state index in [0.29, 0.717) is 13.0 Å². The third-order valence-corrected chi connectivity index (χ3v) is 1.81. The van der Waals surface area contributed by atoms with Gasteiger partial charge in [-0.05, 0) is 19.9 Å². The van der Waals surface area contributed by atoms with Gasteiger partial charge in [-0.2, -0.15) is 0 Å². The van der Waals surface area contributed by atoms with Crippen LogP contribution < -0.4 is 5.32 Å². The Balaban J connectivity index is 0.000000810. The lowest BCUT2D eigenvalue weighted by atomic mass is 9.93.